The van der Waals surface area contributed by atoms with Crippen molar-refractivity contribution in [2.45, 2.75) is 32.7 Å². The van der Waals surface area contributed by atoms with Gasteiger partial charge < -0.3 is 29.6 Å². The Morgan fingerprint density at radius 1 is 1.26 bits per heavy atom. The molecular weight excluding hydrogens is 348 g/mol. The molecule has 0 saturated heterocycles. The van der Waals surface area contributed by atoms with Crippen LogP contribution < -0.4 is 20.1 Å². The van der Waals surface area contributed by atoms with E-state index in [1.165, 1.54) is 6.26 Å². The topological polar surface area (TPSA) is 93.0 Å². The number of urea groups is 1. The zero-order valence-corrected chi connectivity index (χ0v) is 16.0. The minimum absolute atomic E-state index is 0.270. The van der Waals surface area contributed by atoms with Gasteiger partial charge in [0.1, 0.15) is 11.8 Å². The van der Waals surface area contributed by atoms with Crippen LogP contribution in [0.3, 0.4) is 0 Å². The lowest BCUT2D eigenvalue weighted by Crippen LogP contribution is -2.34. The molecule has 2 amide bonds. The van der Waals surface area contributed by atoms with Crippen LogP contribution in [0.1, 0.15) is 38.5 Å². The van der Waals surface area contributed by atoms with Gasteiger partial charge in [-0.1, -0.05) is 13.8 Å². The maximum absolute atomic E-state index is 12.2. The molecule has 0 fully saturated rings. The highest BCUT2D eigenvalue weighted by molar-refractivity contribution is 5.89. The fourth-order valence-corrected chi connectivity index (χ4v) is 2.56. The van der Waals surface area contributed by atoms with E-state index in [4.69, 9.17) is 13.9 Å². The molecule has 0 bridgehead atoms. The fraction of sp³-hybridized carbons (Fsp3) is 0.450. The van der Waals surface area contributed by atoms with Crippen molar-refractivity contribution in [3.8, 4) is 11.5 Å². The summed E-state index contributed by atoms with van der Waals surface area (Å²) in [6, 6.07) is 7.49. The third-order valence-corrected chi connectivity index (χ3v) is 3.98. The molecule has 1 heterocycles. The largest absolute Gasteiger partial charge is 0.493 e. The van der Waals surface area contributed by atoms with E-state index < -0.39 is 12.1 Å². The molecule has 0 aliphatic heterocycles. The predicted octanol–water partition coefficient (Wildman–Crippen LogP) is 3.96. The third kappa shape index (κ3) is 6.53. The zero-order valence-electron chi connectivity index (χ0n) is 16.0. The van der Waals surface area contributed by atoms with Crippen molar-refractivity contribution in [2.75, 3.05) is 25.6 Å². The van der Waals surface area contributed by atoms with Gasteiger partial charge in [0, 0.05) is 11.8 Å². The van der Waals surface area contributed by atoms with Gasteiger partial charge in [-0.2, -0.15) is 0 Å². The van der Waals surface area contributed by atoms with Crippen molar-refractivity contribution in [3.63, 3.8) is 0 Å². The van der Waals surface area contributed by atoms with E-state index in [0.717, 1.165) is 12.8 Å². The molecule has 1 aromatic heterocycles. The summed E-state index contributed by atoms with van der Waals surface area (Å²) in [5, 5.41) is 14.8. The van der Waals surface area contributed by atoms with E-state index in [-0.39, 0.29) is 6.61 Å². The summed E-state index contributed by atoms with van der Waals surface area (Å²) in [5.41, 5.74) is 0.559. The summed E-state index contributed by atoms with van der Waals surface area (Å²) in [4.78, 5) is 12.2. The Hall–Kier alpha value is -2.67. The highest BCUT2D eigenvalue weighted by Gasteiger charge is 2.16. The van der Waals surface area contributed by atoms with Gasteiger partial charge in [0.05, 0.1) is 26.6 Å². The number of nitrogens with one attached hydrogen (secondary N) is 2. The molecule has 27 heavy (non-hydrogen) atoms. The molecule has 2 aromatic rings. The number of furan rings is 1. The van der Waals surface area contributed by atoms with Gasteiger partial charge in [-0.15, -0.1) is 0 Å². The van der Waals surface area contributed by atoms with Gasteiger partial charge in [0.15, 0.2) is 11.5 Å². The number of aliphatic hydroxyl groups excluding tert-OH is 1. The van der Waals surface area contributed by atoms with Gasteiger partial charge in [0.2, 0.25) is 0 Å². The first-order valence-corrected chi connectivity index (χ1v) is 9.06. The number of carbonyl (C=O) groups excluding carboxylic acids is 1. The van der Waals surface area contributed by atoms with Crippen LogP contribution in [0, 0.1) is 5.92 Å². The second-order valence-corrected chi connectivity index (χ2v) is 6.60. The van der Waals surface area contributed by atoms with E-state index in [1.54, 1.807) is 37.4 Å². The summed E-state index contributed by atoms with van der Waals surface area (Å²) in [5.74, 6) is 2.29. The van der Waals surface area contributed by atoms with Crippen molar-refractivity contribution in [3.05, 3.63) is 42.4 Å². The van der Waals surface area contributed by atoms with E-state index in [2.05, 4.69) is 24.5 Å². The minimum atomic E-state index is -0.620. The number of benzene rings is 1. The van der Waals surface area contributed by atoms with Gasteiger partial charge in [-0.05, 0) is 43.0 Å². The first-order valence-electron chi connectivity index (χ1n) is 9.06. The van der Waals surface area contributed by atoms with E-state index in [9.17, 15) is 9.90 Å². The highest BCUT2D eigenvalue weighted by atomic mass is 16.5. The van der Waals surface area contributed by atoms with Gasteiger partial charge in [0.25, 0.3) is 0 Å². The number of hydrogen-bond acceptors (Lipinski definition) is 5. The number of rotatable bonds is 10. The third-order valence-electron chi connectivity index (χ3n) is 3.98. The van der Waals surface area contributed by atoms with Crippen LogP contribution >= 0.6 is 0 Å². The van der Waals surface area contributed by atoms with Crippen LogP contribution in [0.5, 0.6) is 11.5 Å². The Labute approximate surface area is 159 Å². The van der Waals surface area contributed by atoms with E-state index in [0.29, 0.717) is 35.5 Å². The van der Waals surface area contributed by atoms with Crippen molar-refractivity contribution >= 4 is 11.7 Å². The number of aliphatic hydroxyl groups is 1. The smallest absolute Gasteiger partial charge is 0.319 e. The maximum atomic E-state index is 12.2. The van der Waals surface area contributed by atoms with Crippen molar-refractivity contribution < 1.29 is 23.8 Å². The standard InChI is InChI=1S/C20H28N2O5/c1-14(2)6-4-10-27-19-12-15(8-9-18(19)25-3)21-20(24)22-16(13-23)17-7-5-11-26-17/h5,7-9,11-12,14,16,23H,4,6,10,13H2,1-3H3,(H2,21,22,24). The van der Waals surface area contributed by atoms with Crippen LogP contribution in [0.2, 0.25) is 0 Å². The molecule has 3 N–H and O–H groups in total. The Balaban J connectivity index is 1.96. The maximum Gasteiger partial charge on any atom is 0.319 e. The monoisotopic (exact) mass is 376 g/mol. The number of amides is 2. The number of hydrogen-bond donors (Lipinski definition) is 3. The summed E-state index contributed by atoms with van der Waals surface area (Å²) >= 11 is 0. The first kappa shape index (κ1) is 20.6. The van der Waals surface area contributed by atoms with Gasteiger partial charge >= 0.3 is 6.03 Å². The molecule has 1 atom stereocenters. The Bertz CT molecular complexity index is 700. The SMILES string of the molecule is COc1ccc(NC(=O)NC(CO)c2ccco2)cc1OCCCC(C)C. The quantitative estimate of drug-likeness (QED) is 0.546. The Kier molecular flexibility index (Phi) is 8.00. The van der Waals surface area contributed by atoms with Crippen LogP contribution in [0.4, 0.5) is 10.5 Å². The molecule has 0 spiro atoms. The summed E-state index contributed by atoms with van der Waals surface area (Å²) in [6.45, 7) is 4.65. The number of ether oxygens (including phenoxy) is 2. The molecule has 1 aromatic carbocycles. The van der Waals surface area contributed by atoms with Crippen molar-refractivity contribution in [1.29, 1.82) is 0 Å². The summed E-state index contributed by atoms with van der Waals surface area (Å²) in [6.07, 6.45) is 3.52. The lowest BCUT2D eigenvalue weighted by Gasteiger charge is -2.16. The molecule has 1 unspecified atom stereocenters. The highest BCUT2D eigenvalue weighted by Crippen LogP contribution is 2.30. The Morgan fingerprint density at radius 3 is 2.70 bits per heavy atom. The summed E-state index contributed by atoms with van der Waals surface area (Å²) in [7, 11) is 1.57. The van der Waals surface area contributed by atoms with Crippen LogP contribution in [0.25, 0.3) is 0 Å². The molecule has 0 aliphatic rings. The molecular formula is C20H28N2O5. The lowest BCUT2D eigenvalue weighted by atomic mass is 10.1. The fourth-order valence-electron chi connectivity index (χ4n) is 2.56. The molecule has 7 heteroatoms. The minimum Gasteiger partial charge on any atom is -0.493 e. The molecule has 7 nitrogen and oxygen atoms in total. The van der Waals surface area contributed by atoms with E-state index >= 15 is 0 Å². The average Bonchev–Trinajstić information content (AvgIpc) is 3.18. The number of methoxy groups -OCH3 is 1. The van der Waals surface area contributed by atoms with Gasteiger partial charge in [-0.3, -0.25) is 0 Å². The second kappa shape index (κ2) is 10.5. The number of carbonyl (C=O) groups is 1. The predicted molar refractivity (Wildman–Crippen MR) is 103 cm³/mol. The van der Waals surface area contributed by atoms with E-state index in [1.807, 2.05) is 0 Å². The van der Waals surface area contributed by atoms with Crippen LogP contribution in [-0.2, 0) is 0 Å². The van der Waals surface area contributed by atoms with Crippen LogP contribution in [-0.4, -0.2) is 31.5 Å². The normalized spacial score (nSPS) is 11.9. The van der Waals surface area contributed by atoms with Crippen molar-refractivity contribution in [1.82, 2.24) is 5.32 Å². The molecule has 0 saturated carbocycles. The zero-order chi connectivity index (χ0) is 19.6. The van der Waals surface area contributed by atoms with Gasteiger partial charge in [-0.25, -0.2) is 4.79 Å². The van der Waals surface area contributed by atoms with Crippen LogP contribution in [0.15, 0.2) is 41.0 Å². The molecule has 148 valence electrons. The molecule has 0 aliphatic carbocycles. The first-order chi connectivity index (χ1) is 13.0. The number of anilines is 1. The Morgan fingerprint density at radius 2 is 2.07 bits per heavy atom. The lowest BCUT2D eigenvalue weighted by molar-refractivity contribution is 0.215. The van der Waals surface area contributed by atoms with Crippen molar-refractivity contribution in [2.24, 2.45) is 5.92 Å². The second-order valence-electron chi connectivity index (χ2n) is 6.60. The summed E-state index contributed by atoms with van der Waals surface area (Å²) < 4.78 is 16.3. The average molecular weight is 376 g/mol. The molecule has 2 rings (SSSR count). The molecule has 0 radical (unpaired) electrons.